The molecule has 1 unspecified atom stereocenters. The van der Waals surface area contributed by atoms with Gasteiger partial charge in [-0.1, -0.05) is 11.6 Å². The maximum Gasteiger partial charge on any atom is 0.137 e. The Kier molecular flexibility index (Phi) is 4.96. The summed E-state index contributed by atoms with van der Waals surface area (Å²) in [6.07, 6.45) is 0. The SMILES string of the molecule is COc1cc(C)c(C(CS)N(C)C)cc1Cl. The summed E-state index contributed by atoms with van der Waals surface area (Å²) in [4.78, 5) is 2.14. The molecule has 0 aromatic heterocycles. The molecule has 2 nitrogen and oxygen atoms in total. The third-order valence-electron chi connectivity index (χ3n) is 2.70. The Labute approximate surface area is 108 Å². The monoisotopic (exact) mass is 259 g/mol. The first-order valence-corrected chi connectivity index (χ1v) is 6.13. The maximum atomic E-state index is 6.14. The number of ether oxygens (including phenoxy) is 1. The molecule has 1 aromatic rings. The number of hydrogen-bond acceptors (Lipinski definition) is 3. The molecule has 0 saturated heterocycles. The van der Waals surface area contributed by atoms with Crippen LogP contribution in [0.15, 0.2) is 12.1 Å². The first kappa shape index (κ1) is 13.7. The highest BCUT2D eigenvalue weighted by atomic mass is 35.5. The Balaban J connectivity index is 3.18. The minimum Gasteiger partial charge on any atom is -0.495 e. The van der Waals surface area contributed by atoms with E-state index in [9.17, 15) is 0 Å². The van der Waals surface area contributed by atoms with E-state index in [1.165, 1.54) is 11.1 Å². The molecule has 1 rings (SSSR count). The quantitative estimate of drug-likeness (QED) is 0.834. The van der Waals surface area contributed by atoms with Crippen LogP contribution in [0.3, 0.4) is 0 Å². The molecule has 4 heteroatoms. The van der Waals surface area contributed by atoms with Crippen molar-refractivity contribution in [3.05, 3.63) is 28.3 Å². The van der Waals surface area contributed by atoms with Crippen molar-refractivity contribution in [1.29, 1.82) is 0 Å². The van der Waals surface area contributed by atoms with E-state index in [0.29, 0.717) is 5.02 Å². The molecule has 90 valence electrons. The lowest BCUT2D eigenvalue weighted by Crippen LogP contribution is -2.22. The Morgan fingerprint density at radius 2 is 2.06 bits per heavy atom. The fraction of sp³-hybridized carbons (Fsp3) is 0.500. The van der Waals surface area contributed by atoms with E-state index < -0.39 is 0 Å². The van der Waals surface area contributed by atoms with E-state index in [0.717, 1.165) is 11.5 Å². The van der Waals surface area contributed by atoms with Crippen molar-refractivity contribution in [3.63, 3.8) is 0 Å². The number of methoxy groups -OCH3 is 1. The van der Waals surface area contributed by atoms with Crippen molar-refractivity contribution < 1.29 is 4.74 Å². The van der Waals surface area contributed by atoms with E-state index in [1.807, 2.05) is 26.2 Å². The van der Waals surface area contributed by atoms with Crippen molar-refractivity contribution in [2.24, 2.45) is 0 Å². The Hall–Kier alpha value is -0.380. The molecule has 0 heterocycles. The van der Waals surface area contributed by atoms with Crippen LogP contribution in [0.4, 0.5) is 0 Å². The van der Waals surface area contributed by atoms with Gasteiger partial charge in [0.1, 0.15) is 5.75 Å². The lowest BCUT2D eigenvalue weighted by Gasteiger charge is -2.25. The van der Waals surface area contributed by atoms with Gasteiger partial charge in [-0.3, -0.25) is 0 Å². The second-order valence-corrected chi connectivity index (χ2v) is 4.78. The molecule has 0 saturated carbocycles. The van der Waals surface area contributed by atoms with Crippen LogP contribution in [0.25, 0.3) is 0 Å². The highest BCUT2D eigenvalue weighted by Gasteiger charge is 2.16. The van der Waals surface area contributed by atoms with E-state index in [1.54, 1.807) is 7.11 Å². The van der Waals surface area contributed by atoms with Crippen molar-refractivity contribution in [2.45, 2.75) is 13.0 Å². The van der Waals surface area contributed by atoms with Crippen LogP contribution < -0.4 is 4.74 Å². The lowest BCUT2D eigenvalue weighted by atomic mass is 10.0. The predicted molar refractivity (Wildman–Crippen MR) is 73.0 cm³/mol. The van der Waals surface area contributed by atoms with E-state index in [-0.39, 0.29) is 6.04 Å². The van der Waals surface area contributed by atoms with Gasteiger partial charge < -0.3 is 9.64 Å². The molecule has 0 fully saturated rings. The minimum absolute atomic E-state index is 0.270. The number of aryl methyl sites for hydroxylation is 1. The van der Waals surface area contributed by atoms with E-state index in [4.69, 9.17) is 16.3 Å². The molecule has 0 aliphatic rings. The number of thiol groups is 1. The van der Waals surface area contributed by atoms with Crippen molar-refractivity contribution in [1.82, 2.24) is 4.90 Å². The zero-order chi connectivity index (χ0) is 12.3. The van der Waals surface area contributed by atoms with Gasteiger partial charge in [-0.2, -0.15) is 12.6 Å². The fourth-order valence-corrected chi connectivity index (χ4v) is 2.50. The van der Waals surface area contributed by atoms with Crippen LogP contribution in [-0.2, 0) is 0 Å². The van der Waals surface area contributed by atoms with E-state index >= 15 is 0 Å². The molecule has 0 radical (unpaired) electrons. The zero-order valence-electron chi connectivity index (χ0n) is 10.1. The molecule has 0 aliphatic carbocycles. The van der Waals surface area contributed by atoms with E-state index in [2.05, 4.69) is 24.5 Å². The normalized spacial score (nSPS) is 12.9. The highest BCUT2D eigenvalue weighted by molar-refractivity contribution is 7.80. The summed E-state index contributed by atoms with van der Waals surface area (Å²) in [5.41, 5.74) is 2.37. The number of rotatable bonds is 4. The standard InChI is InChI=1S/C12H18ClNOS/c1-8-5-12(15-4)10(13)6-9(8)11(7-16)14(2)3/h5-6,11,16H,7H2,1-4H3. The van der Waals surface area contributed by atoms with Gasteiger partial charge >= 0.3 is 0 Å². The third kappa shape index (κ3) is 2.84. The molecular weight excluding hydrogens is 242 g/mol. The first-order chi connectivity index (χ1) is 7.51. The van der Waals surface area contributed by atoms with Crippen molar-refractivity contribution in [2.75, 3.05) is 27.0 Å². The van der Waals surface area contributed by atoms with Gasteiger partial charge in [-0.15, -0.1) is 0 Å². The molecular formula is C12H18ClNOS. The van der Waals surface area contributed by atoms with Gasteiger partial charge in [0, 0.05) is 11.8 Å². The third-order valence-corrected chi connectivity index (χ3v) is 3.34. The van der Waals surface area contributed by atoms with Crippen LogP contribution >= 0.6 is 24.2 Å². The van der Waals surface area contributed by atoms with Crippen LogP contribution in [-0.4, -0.2) is 31.9 Å². The molecule has 0 bridgehead atoms. The number of halogens is 1. The van der Waals surface area contributed by atoms with Crippen molar-refractivity contribution in [3.8, 4) is 5.75 Å². The predicted octanol–water partition coefficient (Wildman–Crippen LogP) is 3.19. The molecule has 1 aromatic carbocycles. The molecule has 0 N–H and O–H groups in total. The van der Waals surface area contributed by atoms with Crippen molar-refractivity contribution >= 4 is 24.2 Å². The first-order valence-electron chi connectivity index (χ1n) is 5.12. The smallest absolute Gasteiger partial charge is 0.137 e. The second kappa shape index (κ2) is 5.80. The molecule has 0 aliphatic heterocycles. The average molecular weight is 260 g/mol. The molecule has 0 amide bonds. The topological polar surface area (TPSA) is 12.5 Å². The zero-order valence-corrected chi connectivity index (χ0v) is 11.8. The Bertz CT molecular complexity index is 368. The number of hydrogen-bond donors (Lipinski definition) is 1. The van der Waals surface area contributed by atoms with Gasteiger partial charge in [-0.05, 0) is 44.3 Å². The average Bonchev–Trinajstić information content (AvgIpc) is 2.23. The molecule has 0 spiro atoms. The number of benzene rings is 1. The summed E-state index contributed by atoms with van der Waals surface area (Å²) >= 11 is 10.5. The molecule has 1 atom stereocenters. The van der Waals surface area contributed by atoms with Gasteiger partial charge in [0.25, 0.3) is 0 Å². The molecule has 16 heavy (non-hydrogen) atoms. The van der Waals surface area contributed by atoms with Gasteiger partial charge in [-0.25, -0.2) is 0 Å². The summed E-state index contributed by atoms with van der Waals surface area (Å²) in [6, 6.07) is 4.21. The Morgan fingerprint density at radius 1 is 1.44 bits per heavy atom. The van der Waals surface area contributed by atoms with Crippen LogP contribution in [0.5, 0.6) is 5.75 Å². The van der Waals surface area contributed by atoms with Gasteiger partial charge in [0.05, 0.1) is 12.1 Å². The van der Waals surface area contributed by atoms with Gasteiger partial charge in [0.15, 0.2) is 0 Å². The van der Waals surface area contributed by atoms with Crippen LogP contribution in [0.2, 0.25) is 5.02 Å². The summed E-state index contributed by atoms with van der Waals surface area (Å²) in [7, 11) is 5.71. The second-order valence-electron chi connectivity index (χ2n) is 4.01. The van der Waals surface area contributed by atoms with Crippen LogP contribution in [0.1, 0.15) is 17.2 Å². The summed E-state index contributed by atoms with van der Waals surface area (Å²) < 4.78 is 5.19. The lowest BCUT2D eigenvalue weighted by molar-refractivity contribution is 0.325. The van der Waals surface area contributed by atoms with Crippen LogP contribution in [0, 0.1) is 6.92 Å². The maximum absolute atomic E-state index is 6.14. The summed E-state index contributed by atoms with van der Waals surface area (Å²) in [6.45, 7) is 2.06. The van der Waals surface area contributed by atoms with Gasteiger partial charge in [0.2, 0.25) is 0 Å². The summed E-state index contributed by atoms with van der Waals surface area (Å²) in [5.74, 6) is 1.48. The highest BCUT2D eigenvalue weighted by Crippen LogP contribution is 2.32. The largest absolute Gasteiger partial charge is 0.495 e. The fourth-order valence-electron chi connectivity index (χ4n) is 1.73. The summed E-state index contributed by atoms with van der Waals surface area (Å²) in [5, 5.41) is 0.650. The number of nitrogens with zero attached hydrogens (tertiary/aromatic N) is 1. The minimum atomic E-state index is 0.270. The Morgan fingerprint density at radius 3 is 2.50 bits per heavy atom.